The zero-order valence-electron chi connectivity index (χ0n) is 13.9. The third-order valence-corrected chi connectivity index (χ3v) is 3.98. The van der Waals surface area contributed by atoms with Gasteiger partial charge in [-0.15, -0.1) is 0 Å². The maximum atomic E-state index is 12.9. The molecule has 1 aliphatic rings. The molecule has 0 radical (unpaired) electrons. The highest BCUT2D eigenvalue weighted by atomic mass is 19.4. The second kappa shape index (κ2) is 7.85. The molecule has 1 aliphatic heterocycles. The minimum absolute atomic E-state index is 0.285. The van der Waals surface area contributed by atoms with E-state index in [0.717, 1.165) is 6.07 Å². The molecule has 2 N–H and O–H groups in total. The quantitative estimate of drug-likeness (QED) is 0.670. The summed E-state index contributed by atoms with van der Waals surface area (Å²) < 4.78 is 44.0. The van der Waals surface area contributed by atoms with Gasteiger partial charge in [-0.2, -0.15) is 13.2 Å². The maximum Gasteiger partial charge on any atom is 0.416 e. The Morgan fingerprint density at radius 2 is 2.00 bits per heavy atom. The number of rotatable bonds is 4. The van der Waals surface area contributed by atoms with Crippen LogP contribution in [0.3, 0.4) is 0 Å². The van der Waals surface area contributed by atoms with Gasteiger partial charge in [0.25, 0.3) is 0 Å². The Labute approximate surface area is 139 Å². The van der Waals surface area contributed by atoms with Crippen LogP contribution in [0, 0.1) is 0 Å². The summed E-state index contributed by atoms with van der Waals surface area (Å²) in [5.41, 5.74) is 5.90. The number of halogens is 3. The number of hydrogen-bond acceptors (Lipinski definition) is 3. The number of nitrogens with two attached hydrogens (primary N) is 1. The van der Waals surface area contributed by atoms with Crippen LogP contribution in [-0.4, -0.2) is 62.7 Å². The molecule has 2 rings (SSSR count). The molecule has 0 spiro atoms. The van der Waals surface area contributed by atoms with E-state index < -0.39 is 11.7 Å². The molecule has 8 heteroatoms. The van der Waals surface area contributed by atoms with E-state index in [2.05, 4.69) is 4.99 Å². The first-order chi connectivity index (χ1) is 11.3. The average Bonchev–Trinajstić information content (AvgIpc) is 2.55. The number of alkyl halides is 3. The summed E-state index contributed by atoms with van der Waals surface area (Å²) in [5, 5.41) is 0. The molecule has 1 unspecified atom stereocenters. The smallest absolute Gasteiger partial charge is 0.378 e. The number of ether oxygens (including phenoxy) is 1. The minimum Gasteiger partial charge on any atom is -0.378 e. The average molecular weight is 344 g/mol. The maximum absolute atomic E-state index is 12.9. The highest BCUT2D eigenvalue weighted by Crippen LogP contribution is 2.31. The van der Waals surface area contributed by atoms with E-state index in [1.165, 1.54) is 12.1 Å². The van der Waals surface area contributed by atoms with Crippen LogP contribution in [0.15, 0.2) is 29.3 Å². The molecule has 1 fully saturated rings. The molecule has 0 aromatic heterocycles. The number of nitrogens with zero attached hydrogens (tertiary/aromatic N) is 3. The summed E-state index contributed by atoms with van der Waals surface area (Å²) in [4.78, 5) is 8.14. The van der Waals surface area contributed by atoms with Crippen LogP contribution < -0.4 is 5.73 Å². The SMILES string of the molecule is CN(C)C(CN=C(N)N1CCOCC1)c1cccc(C(F)(F)F)c1. The van der Waals surface area contributed by atoms with E-state index in [1.54, 1.807) is 6.07 Å². The molecule has 1 saturated heterocycles. The Morgan fingerprint density at radius 1 is 1.33 bits per heavy atom. The van der Waals surface area contributed by atoms with Crippen LogP contribution in [0.25, 0.3) is 0 Å². The molecule has 0 aliphatic carbocycles. The van der Waals surface area contributed by atoms with Crippen molar-refractivity contribution in [2.45, 2.75) is 12.2 Å². The summed E-state index contributed by atoms with van der Waals surface area (Å²) >= 11 is 0. The van der Waals surface area contributed by atoms with Crippen molar-refractivity contribution < 1.29 is 17.9 Å². The summed E-state index contributed by atoms with van der Waals surface area (Å²) in [7, 11) is 3.62. The lowest BCUT2D eigenvalue weighted by Crippen LogP contribution is -2.45. The van der Waals surface area contributed by atoms with Crippen molar-refractivity contribution in [1.82, 2.24) is 9.80 Å². The standard InChI is InChI=1S/C16H23F3N4O/c1-22(2)14(11-21-15(20)23-6-8-24-9-7-23)12-4-3-5-13(10-12)16(17,18)19/h3-5,10,14H,6-9,11H2,1-2H3,(H2,20,21). The normalized spacial score (nSPS) is 18.1. The monoisotopic (exact) mass is 344 g/mol. The zero-order valence-corrected chi connectivity index (χ0v) is 13.9. The van der Waals surface area contributed by atoms with Gasteiger partial charge in [0.1, 0.15) is 0 Å². The molecule has 1 aromatic rings. The summed E-state index contributed by atoms with van der Waals surface area (Å²) in [5.74, 6) is 0.400. The molecule has 24 heavy (non-hydrogen) atoms. The molecular weight excluding hydrogens is 321 g/mol. The van der Waals surface area contributed by atoms with Crippen molar-refractivity contribution in [3.05, 3.63) is 35.4 Å². The Hall–Kier alpha value is -1.80. The first-order valence-electron chi connectivity index (χ1n) is 7.75. The third-order valence-electron chi connectivity index (χ3n) is 3.98. The van der Waals surface area contributed by atoms with Crippen molar-refractivity contribution in [3.63, 3.8) is 0 Å². The second-order valence-electron chi connectivity index (χ2n) is 5.90. The van der Waals surface area contributed by atoms with Gasteiger partial charge in [-0.25, -0.2) is 0 Å². The fraction of sp³-hybridized carbons (Fsp3) is 0.562. The van der Waals surface area contributed by atoms with Gasteiger partial charge in [-0.1, -0.05) is 12.1 Å². The topological polar surface area (TPSA) is 54.1 Å². The number of guanidine groups is 1. The number of likely N-dealkylation sites (N-methyl/N-ethyl adjacent to an activating group) is 1. The molecule has 5 nitrogen and oxygen atoms in total. The predicted octanol–water partition coefficient (Wildman–Crippen LogP) is 1.96. The molecule has 1 heterocycles. The Kier molecular flexibility index (Phi) is 6.06. The molecule has 0 saturated carbocycles. The number of hydrogen-bond donors (Lipinski definition) is 1. The summed E-state index contributed by atoms with van der Waals surface area (Å²) in [6.07, 6.45) is -4.36. The molecule has 1 aromatic carbocycles. The number of morpholine rings is 1. The van der Waals surface area contributed by atoms with Gasteiger partial charge in [0.2, 0.25) is 0 Å². The van der Waals surface area contributed by atoms with Gasteiger partial charge in [0, 0.05) is 13.1 Å². The van der Waals surface area contributed by atoms with Crippen LogP contribution in [0.4, 0.5) is 13.2 Å². The highest BCUT2D eigenvalue weighted by molar-refractivity contribution is 5.78. The first kappa shape index (κ1) is 18.5. The second-order valence-corrected chi connectivity index (χ2v) is 5.90. The lowest BCUT2D eigenvalue weighted by atomic mass is 10.0. The zero-order chi connectivity index (χ0) is 17.7. The summed E-state index contributed by atoms with van der Waals surface area (Å²) in [6.45, 7) is 2.83. The van der Waals surface area contributed by atoms with Crippen molar-refractivity contribution >= 4 is 5.96 Å². The Morgan fingerprint density at radius 3 is 2.58 bits per heavy atom. The van der Waals surface area contributed by atoms with Crippen molar-refractivity contribution in [2.24, 2.45) is 10.7 Å². The van der Waals surface area contributed by atoms with E-state index in [-0.39, 0.29) is 12.6 Å². The van der Waals surface area contributed by atoms with E-state index in [0.29, 0.717) is 37.8 Å². The minimum atomic E-state index is -4.36. The summed E-state index contributed by atoms with van der Waals surface area (Å²) in [6, 6.07) is 5.06. The first-order valence-corrected chi connectivity index (χ1v) is 7.75. The van der Waals surface area contributed by atoms with E-state index in [4.69, 9.17) is 10.5 Å². The molecule has 134 valence electrons. The fourth-order valence-corrected chi connectivity index (χ4v) is 2.56. The molecular formula is C16H23F3N4O. The van der Waals surface area contributed by atoms with Crippen LogP contribution in [0.1, 0.15) is 17.2 Å². The Bertz CT molecular complexity index is 569. The molecule has 0 amide bonds. The lowest BCUT2D eigenvalue weighted by molar-refractivity contribution is -0.137. The van der Waals surface area contributed by atoms with Crippen molar-refractivity contribution in [1.29, 1.82) is 0 Å². The molecule has 0 bridgehead atoms. The third kappa shape index (κ3) is 4.85. The van der Waals surface area contributed by atoms with Crippen LogP contribution in [-0.2, 0) is 10.9 Å². The van der Waals surface area contributed by atoms with E-state index in [1.807, 2.05) is 23.9 Å². The molecule has 1 atom stereocenters. The van der Waals surface area contributed by atoms with Crippen molar-refractivity contribution in [3.8, 4) is 0 Å². The van der Waals surface area contributed by atoms with E-state index in [9.17, 15) is 13.2 Å². The number of aliphatic imine (C=N–C) groups is 1. The largest absolute Gasteiger partial charge is 0.416 e. The predicted molar refractivity (Wildman–Crippen MR) is 86.8 cm³/mol. The lowest BCUT2D eigenvalue weighted by Gasteiger charge is -2.29. The number of benzene rings is 1. The van der Waals surface area contributed by atoms with Crippen LogP contribution in [0.5, 0.6) is 0 Å². The fourth-order valence-electron chi connectivity index (χ4n) is 2.56. The highest BCUT2D eigenvalue weighted by Gasteiger charge is 2.31. The Balaban J connectivity index is 2.15. The van der Waals surface area contributed by atoms with Crippen LogP contribution in [0.2, 0.25) is 0 Å². The van der Waals surface area contributed by atoms with Gasteiger partial charge in [-0.3, -0.25) is 4.99 Å². The van der Waals surface area contributed by atoms with Gasteiger partial charge in [0.15, 0.2) is 5.96 Å². The van der Waals surface area contributed by atoms with Crippen molar-refractivity contribution in [2.75, 3.05) is 46.9 Å². The van der Waals surface area contributed by atoms with Gasteiger partial charge < -0.3 is 20.3 Å². The van der Waals surface area contributed by atoms with Gasteiger partial charge >= 0.3 is 6.18 Å². The van der Waals surface area contributed by atoms with E-state index >= 15 is 0 Å². The van der Waals surface area contributed by atoms with Gasteiger partial charge in [-0.05, 0) is 31.8 Å². The van der Waals surface area contributed by atoms with Gasteiger partial charge in [0.05, 0.1) is 31.4 Å². The van der Waals surface area contributed by atoms with Crippen LogP contribution >= 0.6 is 0 Å².